The van der Waals surface area contributed by atoms with Crippen molar-refractivity contribution < 1.29 is 4.79 Å². The van der Waals surface area contributed by atoms with Crippen molar-refractivity contribution in [2.75, 3.05) is 19.0 Å². The van der Waals surface area contributed by atoms with E-state index in [-0.39, 0.29) is 11.9 Å². The van der Waals surface area contributed by atoms with E-state index >= 15 is 0 Å². The van der Waals surface area contributed by atoms with Gasteiger partial charge in [0.25, 0.3) is 5.91 Å². The molecule has 0 unspecified atom stereocenters. The highest BCUT2D eigenvalue weighted by Crippen LogP contribution is 2.23. The molecular weight excluding hydrogens is 308 g/mol. The molecule has 3 heteroatoms. The van der Waals surface area contributed by atoms with Crippen LogP contribution in [-0.4, -0.2) is 20.0 Å². The highest BCUT2D eigenvalue weighted by molar-refractivity contribution is 5.95. The maximum atomic E-state index is 12.8. The van der Waals surface area contributed by atoms with Gasteiger partial charge in [-0.05, 0) is 29.3 Å². The van der Waals surface area contributed by atoms with Gasteiger partial charge in [0.05, 0.1) is 6.04 Å². The van der Waals surface area contributed by atoms with Crippen molar-refractivity contribution in [2.45, 2.75) is 6.04 Å². The molecule has 1 amide bonds. The summed E-state index contributed by atoms with van der Waals surface area (Å²) >= 11 is 0. The Hall–Kier alpha value is -3.07. The zero-order valence-corrected chi connectivity index (χ0v) is 14.5. The lowest BCUT2D eigenvalue weighted by atomic mass is 9.98. The number of nitrogens with one attached hydrogen (secondary N) is 1. The molecule has 0 spiro atoms. The second kappa shape index (κ2) is 7.67. The van der Waals surface area contributed by atoms with E-state index < -0.39 is 0 Å². The molecule has 0 fully saturated rings. The van der Waals surface area contributed by atoms with Crippen LogP contribution in [0.5, 0.6) is 0 Å². The van der Waals surface area contributed by atoms with Gasteiger partial charge >= 0.3 is 0 Å². The van der Waals surface area contributed by atoms with E-state index in [9.17, 15) is 4.79 Å². The molecule has 126 valence electrons. The molecule has 0 saturated heterocycles. The molecule has 25 heavy (non-hydrogen) atoms. The van der Waals surface area contributed by atoms with Gasteiger partial charge in [-0.15, -0.1) is 0 Å². The van der Waals surface area contributed by atoms with Crippen molar-refractivity contribution in [3.63, 3.8) is 0 Å². The van der Waals surface area contributed by atoms with E-state index in [1.54, 1.807) is 0 Å². The number of hydrogen-bond acceptors (Lipinski definition) is 2. The number of carbonyl (C=O) groups is 1. The maximum absolute atomic E-state index is 12.8. The Balaban J connectivity index is 1.90. The quantitative estimate of drug-likeness (QED) is 0.757. The van der Waals surface area contributed by atoms with Crippen molar-refractivity contribution in [2.24, 2.45) is 0 Å². The van der Waals surface area contributed by atoms with Gasteiger partial charge in [-0.2, -0.15) is 0 Å². The molecule has 0 saturated carbocycles. The van der Waals surface area contributed by atoms with Crippen LogP contribution in [0.1, 0.15) is 27.5 Å². The zero-order valence-electron chi connectivity index (χ0n) is 14.5. The van der Waals surface area contributed by atoms with E-state index in [1.165, 1.54) is 0 Å². The van der Waals surface area contributed by atoms with Gasteiger partial charge in [-0.3, -0.25) is 4.79 Å². The summed E-state index contributed by atoms with van der Waals surface area (Å²) in [7, 11) is 3.93. The zero-order chi connectivity index (χ0) is 17.6. The second-order valence-electron chi connectivity index (χ2n) is 6.17. The Morgan fingerprint density at radius 1 is 0.800 bits per heavy atom. The van der Waals surface area contributed by atoms with Crippen LogP contribution in [0.2, 0.25) is 0 Å². The summed E-state index contributed by atoms with van der Waals surface area (Å²) in [5.41, 5.74) is 3.78. The number of rotatable bonds is 5. The monoisotopic (exact) mass is 330 g/mol. The Morgan fingerprint density at radius 3 is 1.88 bits per heavy atom. The summed E-state index contributed by atoms with van der Waals surface area (Å²) in [6, 6.07) is 27.5. The first-order chi connectivity index (χ1) is 12.1. The van der Waals surface area contributed by atoms with E-state index in [2.05, 4.69) is 5.32 Å². The Morgan fingerprint density at radius 2 is 1.36 bits per heavy atom. The van der Waals surface area contributed by atoms with Crippen LogP contribution in [-0.2, 0) is 0 Å². The van der Waals surface area contributed by atoms with Gasteiger partial charge in [-0.25, -0.2) is 0 Å². The van der Waals surface area contributed by atoms with Crippen molar-refractivity contribution in [1.82, 2.24) is 5.32 Å². The standard InChI is InChI=1S/C22H22N2O/c1-24(2)20-15-9-14-19(16-20)22(25)23-21(17-10-5-3-6-11-17)18-12-7-4-8-13-18/h3-16,21H,1-2H3,(H,23,25). The minimum Gasteiger partial charge on any atom is -0.378 e. The lowest BCUT2D eigenvalue weighted by Crippen LogP contribution is -2.29. The van der Waals surface area contributed by atoms with Gasteiger partial charge in [0.15, 0.2) is 0 Å². The minimum absolute atomic E-state index is 0.0820. The Bertz CT molecular complexity index is 789. The van der Waals surface area contributed by atoms with Gasteiger partial charge < -0.3 is 10.2 Å². The number of carbonyl (C=O) groups excluding carboxylic acids is 1. The lowest BCUT2D eigenvalue weighted by Gasteiger charge is -2.20. The van der Waals surface area contributed by atoms with E-state index in [1.807, 2.05) is 104 Å². The minimum atomic E-state index is -0.182. The predicted octanol–water partition coefficient (Wildman–Crippen LogP) is 4.27. The number of hydrogen-bond donors (Lipinski definition) is 1. The number of benzene rings is 3. The first kappa shape index (κ1) is 16.8. The van der Waals surface area contributed by atoms with Crippen LogP contribution in [0.3, 0.4) is 0 Å². The molecule has 3 aromatic rings. The molecule has 3 aromatic carbocycles. The first-order valence-electron chi connectivity index (χ1n) is 8.33. The smallest absolute Gasteiger partial charge is 0.252 e. The fraction of sp³-hybridized carbons (Fsp3) is 0.136. The molecule has 0 aliphatic carbocycles. The maximum Gasteiger partial charge on any atom is 0.252 e. The van der Waals surface area contributed by atoms with Gasteiger partial charge in [0, 0.05) is 25.3 Å². The summed E-state index contributed by atoms with van der Waals surface area (Å²) in [5, 5.41) is 3.17. The van der Waals surface area contributed by atoms with Gasteiger partial charge in [0.2, 0.25) is 0 Å². The third-order valence-electron chi connectivity index (χ3n) is 4.17. The normalized spacial score (nSPS) is 10.5. The Kier molecular flexibility index (Phi) is 5.14. The summed E-state index contributed by atoms with van der Waals surface area (Å²) in [6.45, 7) is 0. The molecule has 0 aliphatic rings. The van der Waals surface area contributed by atoms with Crippen molar-refractivity contribution in [1.29, 1.82) is 0 Å². The van der Waals surface area contributed by atoms with Crippen LogP contribution < -0.4 is 10.2 Å². The summed E-state index contributed by atoms with van der Waals surface area (Å²) < 4.78 is 0. The summed E-state index contributed by atoms with van der Waals surface area (Å²) in [4.78, 5) is 14.8. The van der Waals surface area contributed by atoms with Crippen LogP contribution in [0.15, 0.2) is 84.9 Å². The van der Waals surface area contributed by atoms with Crippen LogP contribution >= 0.6 is 0 Å². The van der Waals surface area contributed by atoms with Gasteiger partial charge in [0.1, 0.15) is 0 Å². The molecule has 3 nitrogen and oxygen atoms in total. The predicted molar refractivity (Wildman–Crippen MR) is 103 cm³/mol. The SMILES string of the molecule is CN(C)c1cccc(C(=O)NC(c2ccccc2)c2ccccc2)c1. The van der Waals surface area contributed by atoms with Crippen LogP contribution in [0.4, 0.5) is 5.69 Å². The molecule has 3 rings (SSSR count). The molecule has 0 aromatic heterocycles. The highest BCUT2D eigenvalue weighted by Gasteiger charge is 2.17. The molecule has 0 aliphatic heterocycles. The number of amides is 1. The number of nitrogens with zero attached hydrogens (tertiary/aromatic N) is 1. The molecule has 0 atom stereocenters. The fourth-order valence-electron chi connectivity index (χ4n) is 2.79. The topological polar surface area (TPSA) is 32.3 Å². The van der Waals surface area contributed by atoms with Crippen LogP contribution in [0, 0.1) is 0 Å². The third kappa shape index (κ3) is 4.07. The second-order valence-corrected chi connectivity index (χ2v) is 6.17. The van der Waals surface area contributed by atoms with E-state index in [0.717, 1.165) is 16.8 Å². The lowest BCUT2D eigenvalue weighted by molar-refractivity contribution is 0.0943. The van der Waals surface area contributed by atoms with Crippen molar-refractivity contribution in [3.8, 4) is 0 Å². The van der Waals surface area contributed by atoms with Crippen molar-refractivity contribution >= 4 is 11.6 Å². The summed E-state index contributed by atoms with van der Waals surface area (Å²) in [6.07, 6.45) is 0. The molecular formula is C22H22N2O. The average Bonchev–Trinajstić information content (AvgIpc) is 2.67. The van der Waals surface area contributed by atoms with Gasteiger partial charge in [-0.1, -0.05) is 66.7 Å². The van der Waals surface area contributed by atoms with E-state index in [0.29, 0.717) is 5.56 Å². The fourth-order valence-corrected chi connectivity index (χ4v) is 2.79. The Labute approximate surface area is 148 Å². The van der Waals surface area contributed by atoms with E-state index in [4.69, 9.17) is 0 Å². The first-order valence-corrected chi connectivity index (χ1v) is 8.33. The average molecular weight is 330 g/mol. The summed E-state index contributed by atoms with van der Waals surface area (Å²) in [5.74, 6) is -0.0820. The third-order valence-corrected chi connectivity index (χ3v) is 4.17. The number of anilines is 1. The van der Waals surface area contributed by atoms with Crippen LogP contribution in [0.25, 0.3) is 0 Å². The van der Waals surface area contributed by atoms with Crippen molar-refractivity contribution in [3.05, 3.63) is 102 Å². The highest BCUT2D eigenvalue weighted by atomic mass is 16.1. The largest absolute Gasteiger partial charge is 0.378 e. The molecule has 0 radical (unpaired) electrons. The molecule has 0 bridgehead atoms. The molecule has 1 N–H and O–H groups in total. The molecule has 0 heterocycles.